The molecule has 0 saturated carbocycles. The van der Waals surface area contributed by atoms with E-state index in [0.29, 0.717) is 0 Å². The first kappa shape index (κ1) is 22.8. The quantitative estimate of drug-likeness (QED) is 0.292. The van der Waals surface area contributed by atoms with Gasteiger partial charge in [-0.25, -0.2) is 0 Å². The van der Waals surface area contributed by atoms with Crippen LogP contribution < -0.4 is 0 Å². The van der Waals surface area contributed by atoms with E-state index in [1.807, 2.05) is 0 Å². The highest BCUT2D eigenvalue weighted by molar-refractivity contribution is 7.99. The van der Waals surface area contributed by atoms with Crippen molar-refractivity contribution in [3.05, 3.63) is 0 Å². The average molecular weight is 379 g/mol. The molecule has 0 aliphatic heterocycles. The Kier molecular flexibility index (Phi) is 11.7. The van der Waals surface area contributed by atoms with Gasteiger partial charge in [-0.1, -0.05) is 27.2 Å². The third-order valence-corrected chi connectivity index (χ3v) is 15.9. The molecule has 0 fully saturated rings. The average Bonchev–Trinajstić information content (AvgIpc) is 2.34. The normalized spacial score (nSPS) is 15.1. The summed E-state index contributed by atoms with van der Waals surface area (Å²) in [7, 11) is -4.72. The van der Waals surface area contributed by atoms with Crippen molar-refractivity contribution >= 4 is 37.1 Å². The molecule has 0 spiro atoms. The van der Waals surface area contributed by atoms with Gasteiger partial charge in [0.05, 0.1) is 0 Å². The lowest BCUT2D eigenvalue weighted by molar-refractivity contribution is 0.532. The molecule has 0 bridgehead atoms. The van der Waals surface area contributed by atoms with E-state index < -0.39 is 25.3 Å². The fourth-order valence-electron chi connectivity index (χ4n) is 2.70. The number of rotatable bonds is 13. The van der Waals surface area contributed by atoms with Gasteiger partial charge in [0.15, 0.2) is 16.6 Å². The zero-order valence-corrected chi connectivity index (χ0v) is 19.8. The summed E-state index contributed by atoms with van der Waals surface area (Å²) >= 11 is 2.09. The Labute approximate surface area is 147 Å². The lowest BCUT2D eigenvalue weighted by atomic mass is 10.1. The van der Waals surface area contributed by atoms with Crippen molar-refractivity contribution in [2.45, 2.75) is 84.0 Å². The van der Waals surface area contributed by atoms with Crippen molar-refractivity contribution in [3.63, 3.8) is 0 Å². The highest BCUT2D eigenvalue weighted by atomic mass is 32.2. The molecule has 1 atom stereocenters. The molecule has 0 aromatic carbocycles. The first-order valence-electron chi connectivity index (χ1n) is 8.87. The molecule has 0 N–H and O–H groups in total. The van der Waals surface area contributed by atoms with Crippen LogP contribution in [0, 0.1) is 5.92 Å². The molecule has 2 nitrogen and oxygen atoms in total. The van der Waals surface area contributed by atoms with Crippen LogP contribution >= 0.6 is 11.8 Å². The molecule has 0 aromatic rings. The SMILES string of the molecule is CC[Si](=O)C[Si](C)(CCCSCCCC(C)C)O[Si](C)(C)C. The number of thioether (sulfide) groups is 1. The van der Waals surface area contributed by atoms with Crippen molar-refractivity contribution in [1.82, 2.24) is 0 Å². The molecule has 0 radical (unpaired) electrons. The van der Waals surface area contributed by atoms with Gasteiger partial charge in [-0.3, -0.25) is 0 Å². The lowest BCUT2D eigenvalue weighted by Crippen LogP contribution is -2.46. The van der Waals surface area contributed by atoms with Crippen LogP contribution in [0.15, 0.2) is 0 Å². The molecule has 22 heavy (non-hydrogen) atoms. The molecule has 0 amide bonds. The van der Waals surface area contributed by atoms with E-state index >= 15 is 0 Å². The van der Waals surface area contributed by atoms with E-state index in [9.17, 15) is 4.46 Å². The fourth-order valence-corrected chi connectivity index (χ4v) is 17.1. The first-order chi connectivity index (χ1) is 10.1. The van der Waals surface area contributed by atoms with Crippen LogP contribution in [0.4, 0.5) is 0 Å². The zero-order chi connectivity index (χ0) is 17.2. The minimum absolute atomic E-state index is 0.827. The Morgan fingerprint density at radius 2 is 1.68 bits per heavy atom. The molecular formula is C16H38O2SSi3. The molecule has 1 unspecified atom stereocenters. The minimum atomic E-state index is -1.77. The maximum absolute atomic E-state index is 12.1. The van der Waals surface area contributed by atoms with Crippen molar-refractivity contribution in [2.24, 2.45) is 5.92 Å². The third kappa shape index (κ3) is 13.2. The molecule has 0 aliphatic rings. The molecule has 0 heterocycles. The maximum Gasteiger partial charge on any atom is 0.275 e. The Morgan fingerprint density at radius 3 is 2.18 bits per heavy atom. The zero-order valence-electron chi connectivity index (χ0n) is 16.0. The smallest absolute Gasteiger partial charge is 0.275 e. The van der Waals surface area contributed by atoms with Gasteiger partial charge in [-0.15, -0.1) is 0 Å². The predicted molar refractivity (Wildman–Crippen MR) is 109 cm³/mol. The molecule has 0 aromatic heterocycles. The molecule has 132 valence electrons. The van der Waals surface area contributed by atoms with Crippen molar-refractivity contribution in [2.75, 3.05) is 11.5 Å². The fraction of sp³-hybridized carbons (Fsp3) is 1.00. The second kappa shape index (κ2) is 11.3. The van der Waals surface area contributed by atoms with Crippen molar-refractivity contribution < 1.29 is 8.58 Å². The first-order valence-corrected chi connectivity index (χ1v) is 18.1. The van der Waals surface area contributed by atoms with Gasteiger partial charge in [0.25, 0.3) is 8.68 Å². The van der Waals surface area contributed by atoms with Gasteiger partial charge in [0, 0.05) is 5.67 Å². The van der Waals surface area contributed by atoms with E-state index in [1.165, 1.54) is 36.8 Å². The van der Waals surface area contributed by atoms with Crippen LogP contribution in [-0.2, 0) is 8.58 Å². The van der Waals surface area contributed by atoms with Gasteiger partial charge in [0.1, 0.15) is 0 Å². The topological polar surface area (TPSA) is 26.3 Å². The Balaban J connectivity index is 4.16. The van der Waals surface area contributed by atoms with Crippen LogP contribution in [0.1, 0.15) is 40.0 Å². The maximum atomic E-state index is 12.1. The van der Waals surface area contributed by atoms with Crippen LogP contribution in [0.2, 0.25) is 43.9 Å². The van der Waals surface area contributed by atoms with Crippen molar-refractivity contribution in [1.29, 1.82) is 0 Å². The summed E-state index contributed by atoms with van der Waals surface area (Å²) in [6.45, 7) is 15.8. The van der Waals surface area contributed by atoms with Crippen LogP contribution in [0.3, 0.4) is 0 Å². The summed E-state index contributed by atoms with van der Waals surface area (Å²) in [6, 6.07) is 2.02. The van der Waals surface area contributed by atoms with E-state index in [4.69, 9.17) is 4.12 Å². The lowest BCUT2D eigenvalue weighted by Gasteiger charge is -2.34. The van der Waals surface area contributed by atoms with E-state index in [0.717, 1.165) is 17.6 Å². The monoisotopic (exact) mass is 378 g/mol. The molecule has 6 heteroatoms. The summed E-state index contributed by atoms with van der Waals surface area (Å²) in [5.74, 6) is 3.35. The van der Waals surface area contributed by atoms with Gasteiger partial charge in [-0.2, -0.15) is 11.8 Å². The molecule has 0 aliphatic carbocycles. The third-order valence-electron chi connectivity index (χ3n) is 3.58. The molecule has 0 rings (SSSR count). The predicted octanol–water partition coefficient (Wildman–Crippen LogP) is 5.95. The standard InChI is InChI=1S/C16H38O2SSi3/c1-8-20(17)15-22(7,18-21(4,5)6)14-10-13-19-12-9-11-16(2)3/h16H,8-15H2,1-7H3. The van der Waals surface area contributed by atoms with Crippen LogP contribution in [0.25, 0.3) is 0 Å². The number of hydrogen-bond donors (Lipinski definition) is 0. The van der Waals surface area contributed by atoms with E-state index in [1.54, 1.807) is 0 Å². The summed E-state index contributed by atoms with van der Waals surface area (Å²) in [5.41, 5.74) is 0.899. The highest BCUT2D eigenvalue weighted by Gasteiger charge is 2.35. The second-order valence-corrected chi connectivity index (χ2v) is 20.8. The Morgan fingerprint density at radius 1 is 1.09 bits per heavy atom. The number of hydrogen-bond acceptors (Lipinski definition) is 3. The summed E-state index contributed by atoms with van der Waals surface area (Å²) in [4.78, 5) is 0. The largest absolute Gasteiger partial charge is 0.455 e. The van der Waals surface area contributed by atoms with Gasteiger partial charge >= 0.3 is 0 Å². The minimum Gasteiger partial charge on any atom is -0.455 e. The van der Waals surface area contributed by atoms with E-state index in [-0.39, 0.29) is 0 Å². The van der Waals surface area contributed by atoms with E-state index in [2.05, 4.69) is 58.7 Å². The van der Waals surface area contributed by atoms with Crippen LogP contribution in [-0.4, -0.2) is 36.8 Å². The van der Waals surface area contributed by atoms with Gasteiger partial charge in [0.2, 0.25) is 0 Å². The van der Waals surface area contributed by atoms with Crippen molar-refractivity contribution in [3.8, 4) is 0 Å². The van der Waals surface area contributed by atoms with Gasteiger partial charge < -0.3 is 8.58 Å². The second-order valence-electron chi connectivity index (χ2n) is 7.99. The molecule has 0 saturated heterocycles. The summed E-state index contributed by atoms with van der Waals surface area (Å²) in [6.07, 6.45) is 3.92. The van der Waals surface area contributed by atoms with Crippen LogP contribution in [0.5, 0.6) is 0 Å². The molecular weight excluding hydrogens is 340 g/mol. The summed E-state index contributed by atoms with van der Waals surface area (Å²) in [5, 5.41) is 0. The Hall–Kier alpha value is 0.761. The summed E-state index contributed by atoms with van der Waals surface area (Å²) < 4.78 is 18.7. The van der Waals surface area contributed by atoms with Gasteiger partial charge in [-0.05, 0) is 68.5 Å². The highest BCUT2D eigenvalue weighted by Crippen LogP contribution is 2.26. The Bertz CT molecular complexity index is 319.